The van der Waals surface area contributed by atoms with Gasteiger partial charge in [0, 0.05) is 17.8 Å². The molecule has 2 rings (SSSR count). The minimum Gasteiger partial charge on any atom is -0.390 e. The summed E-state index contributed by atoms with van der Waals surface area (Å²) >= 11 is 0. The lowest BCUT2D eigenvalue weighted by Gasteiger charge is -2.15. The lowest BCUT2D eigenvalue weighted by Crippen LogP contribution is -2.31. The zero-order valence-electron chi connectivity index (χ0n) is 9.31. The molecule has 1 aliphatic heterocycles. The predicted molar refractivity (Wildman–Crippen MR) is 65.2 cm³/mol. The van der Waals surface area contributed by atoms with Gasteiger partial charge in [-0.15, -0.1) is 0 Å². The van der Waals surface area contributed by atoms with E-state index in [1.54, 1.807) is 0 Å². The third-order valence-electron chi connectivity index (χ3n) is 2.75. The second-order valence-corrected chi connectivity index (χ2v) is 6.35. The van der Waals surface area contributed by atoms with Crippen LogP contribution < -0.4 is 5.32 Å². The first-order valence-corrected chi connectivity index (χ1v) is 7.09. The summed E-state index contributed by atoms with van der Waals surface area (Å²) in [6.07, 6.45) is -0.954. The topological polar surface area (TPSA) is 110 Å². The number of nitrogens with zero attached hydrogens (tertiary/aromatic N) is 1. The molecule has 0 bridgehead atoms. The van der Waals surface area contributed by atoms with Crippen LogP contribution in [0, 0.1) is 10.1 Å². The van der Waals surface area contributed by atoms with Crippen molar-refractivity contribution in [2.45, 2.75) is 12.1 Å². The van der Waals surface area contributed by atoms with Crippen LogP contribution >= 0.6 is 0 Å². The van der Waals surface area contributed by atoms with Crippen LogP contribution in [0.2, 0.25) is 0 Å². The number of anilines is 1. The molecule has 1 aromatic carbocycles. The van der Waals surface area contributed by atoms with Gasteiger partial charge in [0.25, 0.3) is 5.69 Å². The highest BCUT2D eigenvalue weighted by Crippen LogP contribution is 2.20. The summed E-state index contributed by atoms with van der Waals surface area (Å²) in [7, 11) is -3.21. The van der Waals surface area contributed by atoms with Crippen molar-refractivity contribution in [3.8, 4) is 0 Å². The van der Waals surface area contributed by atoms with E-state index in [0.29, 0.717) is 5.69 Å². The third-order valence-corrected chi connectivity index (χ3v) is 4.47. The summed E-state index contributed by atoms with van der Waals surface area (Å²) in [5.74, 6) is -0.386. The number of aliphatic hydroxyl groups excluding tert-OH is 1. The lowest BCUT2D eigenvalue weighted by atomic mass is 10.2. The van der Waals surface area contributed by atoms with E-state index in [-0.39, 0.29) is 17.2 Å². The fraction of sp³-hybridized carbons (Fsp3) is 0.400. The molecule has 0 radical (unpaired) electrons. The lowest BCUT2D eigenvalue weighted by molar-refractivity contribution is -0.384. The smallest absolute Gasteiger partial charge is 0.269 e. The van der Waals surface area contributed by atoms with Crippen LogP contribution in [0.4, 0.5) is 11.4 Å². The monoisotopic (exact) mass is 272 g/mol. The Morgan fingerprint density at radius 1 is 1.28 bits per heavy atom. The minimum absolute atomic E-state index is 0.0415. The normalized spacial score (nSPS) is 25.8. The number of sulfone groups is 1. The van der Waals surface area contributed by atoms with E-state index in [1.165, 1.54) is 24.3 Å². The fourth-order valence-electron chi connectivity index (χ4n) is 1.86. The molecule has 0 unspecified atom stereocenters. The van der Waals surface area contributed by atoms with Crippen LogP contribution in [0.1, 0.15) is 0 Å². The van der Waals surface area contributed by atoms with Gasteiger partial charge in [-0.05, 0) is 12.1 Å². The molecule has 0 saturated carbocycles. The highest BCUT2D eigenvalue weighted by Gasteiger charge is 2.36. The number of hydrogen-bond acceptors (Lipinski definition) is 6. The van der Waals surface area contributed by atoms with Gasteiger partial charge in [0.2, 0.25) is 0 Å². The Bertz CT molecular complexity index is 554. The van der Waals surface area contributed by atoms with Gasteiger partial charge in [-0.1, -0.05) is 0 Å². The van der Waals surface area contributed by atoms with E-state index in [2.05, 4.69) is 5.32 Å². The first kappa shape index (κ1) is 12.8. The van der Waals surface area contributed by atoms with Gasteiger partial charge in [-0.25, -0.2) is 8.42 Å². The molecule has 0 aromatic heterocycles. The Morgan fingerprint density at radius 2 is 1.89 bits per heavy atom. The fourth-order valence-corrected chi connectivity index (χ4v) is 3.60. The Morgan fingerprint density at radius 3 is 2.33 bits per heavy atom. The van der Waals surface area contributed by atoms with Crippen molar-refractivity contribution in [3.63, 3.8) is 0 Å². The molecule has 1 aliphatic rings. The summed E-state index contributed by atoms with van der Waals surface area (Å²) in [5.41, 5.74) is 0.502. The van der Waals surface area contributed by atoms with Crippen LogP contribution in [0.15, 0.2) is 24.3 Å². The van der Waals surface area contributed by atoms with Gasteiger partial charge in [-0.3, -0.25) is 10.1 Å². The van der Waals surface area contributed by atoms with Crippen molar-refractivity contribution in [1.29, 1.82) is 0 Å². The van der Waals surface area contributed by atoms with Crippen molar-refractivity contribution < 1.29 is 18.4 Å². The van der Waals surface area contributed by atoms with Crippen LogP contribution in [0.5, 0.6) is 0 Å². The molecule has 18 heavy (non-hydrogen) atoms. The van der Waals surface area contributed by atoms with Crippen LogP contribution in [-0.4, -0.2) is 42.1 Å². The molecule has 2 N–H and O–H groups in total. The predicted octanol–water partition coefficient (Wildman–Crippen LogP) is 0.165. The highest BCUT2D eigenvalue weighted by atomic mass is 32.2. The Kier molecular flexibility index (Phi) is 3.22. The van der Waals surface area contributed by atoms with Crippen LogP contribution in [0.3, 0.4) is 0 Å². The maximum absolute atomic E-state index is 11.3. The maximum atomic E-state index is 11.3. The number of aliphatic hydroxyl groups is 1. The first-order valence-electron chi connectivity index (χ1n) is 5.27. The number of nitro benzene ring substituents is 1. The van der Waals surface area contributed by atoms with Gasteiger partial charge in [0.1, 0.15) is 0 Å². The number of non-ortho nitro benzene ring substituents is 1. The Labute approximate surface area is 104 Å². The first-order chi connectivity index (χ1) is 8.37. The molecule has 0 amide bonds. The Hall–Kier alpha value is -1.67. The highest BCUT2D eigenvalue weighted by molar-refractivity contribution is 7.91. The van der Waals surface area contributed by atoms with Gasteiger partial charge < -0.3 is 10.4 Å². The van der Waals surface area contributed by atoms with Gasteiger partial charge >= 0.3 is 0 Å². The summed E-state index contributed by atoms with van der Waals surface area (Å²) in [5, 5.41) is 22.9. The second-order valence-electron chi connectivity index (χ2n) is 4.20. The quantitative estimate of drug-likeness (QED) is 0.599. The van der Waals surface area contributed by atoms with Crippen LogP contribution in [0.25, 0.3) is 0 Å². The summed E-state index contributed by atoms with van der Waals surface area (Å²) in [6.45, 7) is 0. The van der Waals surface area contributed by atoms with E-state index in [1.807, 2.05) is 0 Å². The minimum atomic E-state index is -3.21. The van der Waals surface area contributed by atoms with Gasteiger partial charge in [0.15, 0.2) is 9.84 Å². The standard InChI is InChI=1S/C10H12N2O5S/c13-10-6-18(16,17)5-9(10)11-7-1-3-8(4-2-7)12(14)15/h1-4,9-11,13H,5-6H2/t9-,10+/m1/s1. The van der Waals surface area contributed by atoms with E-state index >= 15 is 0 Å². The van der Waals surface area contributed by atoms with Crippen molar-refractivity contribution in [2.24, 2.45) is 0 Å². The van der Waals surface area contributed by atoms with E-state index in [0.717, 1.165) is 0 Å². The molecule has 1 heterocycles. The van der Waals surface area contributed by atoms with Crippen LogP contribution in [-0.2, 0) is 9.84 Å². The number of hydrogen-bond donors (Lipinski definition) is 2. The number of rotatable bonds is 3. The molecule has 1 saturated heterocycles. The zero-order valence-corrected chi connectivity index (χ0v) is 10.1. The van der Waals surface area contributed by atoms with Crippen molar-refractivity contribution in [1.82, 2.24) is 0 Å². The number of nitrogens with one attached hydrogen (secondary N) is 1. The molecule has 0 aliphatic carbocycles. The molecule has 1 aromatic rings. The van der Waals surface area contributed by atoms with Crippen molar-refractivity contribution >= 4 is 21.2 Å². The molecular formula is C10H12N2O5S. The van der Waals surface area contributed by atoms with Gasteiger partial charge in [-0.2, -0.15) is 0 Å². The molecule has 7 nitrogen and oxygen atoms in total. The summed E-state index contributed by atoms with van der Waals surface area (Å²) < 4.78 is 22.6. The van der Waals surface area contributed by atoms with Crippen molar-refractivity contribution in [3.05, 3.63) is 34.4 Å². The van der Waals surface area contributed by atoms with Gasteiger partial charge in [0.05, 0.1) is 28.6 Å². The largest absolute Gasteiger partial charge is 0.390 e. The average molecular weight is 272 g/mol. The van der Waals surface area contributed by atoms with E-state index < -0.39 is 26.9 Å². The number of benzene rings is 1. The SMILES string of the molecule is O=[N+]([O-])c1ccc(N[C@@H]2CS(=O)(=O)C[C@@H]2O)cc1. The van der Waals surface area contributed by atoms with Crippen molar-refractivity contribution in [2.75, 3.05) is 16.8 Å². The molecule has 1 fully saturated rings. The molecule has 0 spiro atoms. The molecular weight excluding hydrogens is 260 g/mol. The zero-order chi connectivity index (χ0) is 13.3. The molecule has 2 atom stereocenters. The average Bonchev–Trinajstić information content (AvgIpc) is 2.52. The third kappa shape index (κ3) is 2.77. The number of nitro groups is 1. The molecule has 8 heteroatoms. The Balaban J connectivity index is 2.08. The second kappa shape index (κ2) is 4.54. The maximum Gasteiger partial charge on any atom is 0.269 e. The van der Waals surface area contributed by atoms with E-state index in [4.69, 9.17) is 0 Å². The summed E-state index contributed by atoms with van der Waals surface area (Å²) in [4.78, 5) is 9.94. The van der Waals surface area contributed by atoms with E-state index in [9.17, 15) is 23.6 Å². The molecule has 98 valence electrons. The summed E-state index contributed by atoms with van der Waals surface area (Å²) in [6, 6.07) is 5.03.